The molecule has 0 saturated carbocycles. The van der Waals surface area contributed by atoms with Gasteiger partial charge >= 0.3 is 0 Å². The highest BCUT2D eigenvalue weighted by Crippen LogP contribution is 2.31. The number of fused-ring (bicyclic) bond motifs is 1. The molecule has 2 rings (SSSR count). The summed E-state index contributed by atoms with van der Waals surface area (Å²) in [4.78, 5) is 24.4. The smallest absolute Gasteiger partial charge is 0.269 e. The van der Waals surface area contributed by atoms with E-state index >= 15 is 0 Å². The minimum absolute atomic E-state index is 0.00382. The maximum atomic E-state index is 12.3. The predicted octanol–water partition coefficient (Wildman–Crippen LogP) is 2.26. The van der Waals surface area contributed by atoms with Crippen molar-refractivity contribution >= 4 is 17.3 Å². The molecule has 1 aliphatic heterocycles. The zero-order chi connectivity index (χ0) is 15.6. The number of anilines is 1. The van der Waals surface area contributed by atoms with Crippen LogP contribution in [0, 0.1) is 10.1 Å². The molecule has 0 atom stereocenters. The topological polar surface area (TPSA) is 75.5 Å². The lowest BCUT2D eigenvalue weighted by molar-refractivity contribution is -0.384. The molecule has 6 heteroatoms. The van der Waals surface area contributed by atoms with Crippen LogP contribution in [0.2, 0.25) is 0 Å². The van der Waals surface area contributed by atoms with E-state index in [2.05, 4.69) is 26.1 Å². The summed E-state index contributed by atoms with van der Waals surface area (Å²) in [5, 5.41) is 14.0. The minimum Gasteiger partial charge on any atom is -0.311 e. The van der Waals surface area contributed by atoms with Gasteiger partial charge in [0.1, 0.15) is 0 Å². The molecule has 0 spiro atoms. The second-order valence-electron chi connectivity index (χ2n) is 5.96. The van der Waals surface area contributed by atoms with E-state index in [0.717, 1.165) is 17.7 Å². The number of carbonyl (C=O) groups is 1. The molecular formula is C15H21N3O3. The third kappa shape index (κ3) is 3.39. The van der Waals surface area contributed by atoms with Gasteiger partial charge in [0, 0.05) is 29.9 Å². The fourth-order valence-electron chi connectivity index (χ4n) is 2.30. The van der Waals surface area contributed by atoms with Crippen LogP contribution in [-0.4, -0.2) is 29.5 Å². The van der Waals surface area contributed by atoms with E-state index in [0.29, 0.717) is 13.0 Å². The van der Waals surface area contributed by atoms with Gasteiger partial charge in [-0.25, -0.2) is 0 Å². The van der Waals surface area contributed by atoms with Crippen molar-refractivity contribution in [2.24, 2.45) is 0 Å². The second-order valence-corrected chi connectivity index (χ2v) is 5.96. The Morgan fingerprint density at radius 1 is 1.48 bits per heavy atom. The number of hydrogen-bond acceptors (Lipinski definition) is 4. The summed E-state index contributed by atoms with van der Waals surface area (Å²) in [5.74, 6) is 0.00382. The number of carbonyl (C=O) groups excluding carboxylic acids is 1. The molecule has 1 aromatic rings. The summed E-state index contributed by atoms with van der Waals surface area (Å²) in [6, 6.07) is 4.68. The first-order chi connectivity index (χ1) is 9.84. The van der Waals surface area contributed by atoms with Crippen LogP contribution >= 0.6 is 0 Å². The van der Waals surface area contributed by atoms with Crippen molar-refractivity contribution in [3.8, 4) is 0 Å². The molecule has 1 aromatic carbocycles. The molecule has 21 heavy (non-hydrogen) atoms. The Balaban J connectivity index is 2.08. The van der Waals surface area contributed by atoms with Gasteiger partial charge in [-0.3, -0.25) is 14.9 Å². The molecule has 1 amide bonds. The lowest BCUT2D eigenvalue weighted by atomic mass is 10.0. The van der Waals surface area contributed by atoms with Crippen LogP contribution in [0.5, 0.6) is 0 Å². The molecule has 1 aliphatic rings. The Kier molecular flexibility index (Phi) is 4.27. The summed E-state index contributed by atoms with van der Waals surface area (Å²) < 4.78 is 0. The zero-order valence-electron chi connectivity index (χ0n) is 12.7. The number of nitro benzene ring substituents is 1. The lowest BCUT2D eigenvalue weighted by Crippen LogP contribution is -2.46. The van der Waals surface area contributed by atoms with Gasteiger partial charge in [0.25, 0.3) is 5.69 Å². The molecule has 114 valence electrons. The average Bonchev–Trinajstić information content (AvgIpc) is 2.87. The molecule has 1 N–H and O–H groups in total. The number of nitrogens with one attached hydrogen (secondary N) is 1. The van der Waals surface area contributed by atoms with Crippen molar-refractivity contribution in [2.45, 2.75) is 39.2 Å². The molecule has 0 radical (unpaired) electrons. The van der Waals surface area contributed by atoms with Crippen LogP contribution in [-0.2, 0) is 11.2 Å². The summed E-state index contributed by atoms with van der Waals surface area (Å²) in [6.07, 6.45) is 1.60. The molecule has 0 bridgehead atoms. The highest BCUT2D eigenvalue weighted by molar-refractivity contribution is 5.97. The molecule has 0 saturated heterocycles. The Morgan fingerprint density at radius 2 is 2.19 bits per heavy atom. The van der Waals surface area contributed by atoms with Crippen molar-refractivity contribution < 1.29 is 9.72 Å². The molecule has 0 aliphatic carbocycles. The monoisotopic (exact) mass is 291 g/mol. The highest BCUT2D eigenvalue weighted by atomic mass is 16.6. The van der Waals surface area contributed by atoms with Crippen molar-refractivity contribution in [1.29, 1.82) is 0 Å². The van der Waals surface area contributed by atoms with Gasteiger partial charge in [-0.1, -0.05) is 6.92 Å². The van der Waals surface area contributed by atoms with Crippen molar-refractivity contribution in [3.05, 3.63) is 33.9 Å². The Morgan fingerprint density at radius 3 is 2.81 bits per heavy atom. The second kappa shape index (κ2) is 5.81. The van der Waals surface area contributed by atoms with Gasteiger partial charge in [0.05, 0.1) is 11.5 Å². The van der Waals surface area contributed by atoms with Crippen LogP contribution in [0.1, 0.15) is 32.8 Å². The molecular weight excluding hydrogens is 270 g/mol. The molecule has 0 fully saturated rings. The number of hydrogen-bond donors (Lipinski definition) is 1. The van der Waals surface area contributed by atoms with E-state index in [4.69, 9.17) is 0 Å². The zero-order valence-corrected chi connectivity index (χ0v) is 12.7. The average molecular weight is 291 g/mol. The van der Waals surface area contributed by atoms with Gasteiger partial charge in [0.15, 0.2) is 0 Å². The summed E-state index contributed by atoms with van der Waals surface area (Å²) in [6.45, 7) is 7.05. The van der Waals surface area contributed by atoms with Crippen LogP contribution < -0.4 is 10.2 Å². The molecule has 0 unspecified atom stereocenters. The number of nitro groups is 1. The SMILES string of the molecule is CCC(C)(C)NCC(=O)N1CCc2cc([N+](=O)[O-])ccc21. The normalized spacial score (nSPS) is 14.1. The fourth-order valence-corrected chi connectivity index (χ4v) is 2.30. The first kappa shape index (κ1) is 15.4. The highest BCUT2D eigenvalue weighted by Gasteiger charge is 2.27. The maximum Gasteiger partial charge on any atom is 0.269 e. The van der Waals surface area contributed by atoms with E-state index < -0.39 is 4.92 Å². The van der Waals surface area contributed by atoms with Gasteiger partial charge in [-0.2, -0.15) is 0 Å². The Bertz CT molecular complexity index is 569. The largest absolute Gasteiger partial charge is 0.311 e. The van der Waals surface area contributed by atoms with Crippen LogP contribution in [0.25, 0.3) is 0 Å². The van der Waals surface area contributed by atoms with Crippen LogP contribution in [0.4, 0.5) is 11.4 Å². The number of benzene rings is 1. The maximum absolute atomic E-state index is 12.3. The Labute approximate surface area is 124 Å². The standard InChI is InChI=1S/C15H21N3O3/c1-4-15(2,3)16-10-14(19)17-8-7-11-9-12(18(20)21)5-6-13(11)17/h5-6,9,16H,4,7-8,10H2,1-3H3. The summed E-state index contributed by atoms with van der Waals surface area (Å²) in [7, 11) is 0. The number of nitrogens with zero attached hydrogens (tertiary/aromatic N) is 2. The fraction of sp³-hybridized carbons (Fsp3) is 0.533. The summed E-state index contributed by atoms with van der Waals surface area (Å²) in [5.41, 5.74) is 1.66. The number of amides is 1. The molecule has 6 nitrogen and oxygen atoms in total. The number of rotatable bonds is 5. The van der Waals surface area contributed by atoms with Crippen LogP contribution in [0.3, 0.4) is 0 Å². The third-order valence-corrected chi connectivity index (χ3v) is 4.07. The van der Waals surface area contributed by atoms with Crippen molar-refractivity contribution in [3.63, 3.8) is 0 Å². The Hall–Kier alpha value is -1.95. The first-order valence-electron chi connectivity index (χ1n) is 7.17. The summed E-state index contributed by atoms with van der Waals surface area (Å²) >= 11 is 0. The van der Waals surface area contributed by atoms with E-state index in [1.807, 2.05) is 0 Å². The van der Waals surface area contributed by atoms with E-state index in [1.165, 1.54) is 6.07 Å². The van der Waals surface area contributed by atoms with E-state index in [-0.39, 0.29) is 23.7 Å². The van der Waals surface area contributed by atoms with Gasteiger partial charge < -0.3 is 10.2 Å². The first-order valence-corrected chi connectivity index (χ1v) is 7.17. The third-order valence-electron chi connectivity index (χ3n) is 4.07. The van der Waals surface area contributed by atoms with Crippen molar-refractivity contribution in [1.82, 2.24) is 5.32 Å². The van der Waals surface area contributed by atoms with E-state index in [1.54, 1.807) is 17.0 Å². The van der Waals surface area contributed by atoms with Gasteiger partial charge in [-0.15, -0.1) is 0 Å². The van der Waals surface area contributed by atoms with E-state index in [9.17, 15) is 14.9 Å². The van der Waals surface area contributed by atoms with Gasteiger partial charge in [0.2, 0.25) is 5.91 Å². The quantitative estimate of drug-likeness (QED) is 0.667. The molecule has 0 aromatic heterocycles. The van der Waals surface area contributed by atoms with Crippen molar-refractivity contribution in [2.75, 3.05) is 18.0 Å². The minimum atomic E-state index is -0.407. The lowest BCUT2D eigenvalue weighted by Gasteiger charge is -2.26. The van der Waals surface area contributed by atoms with Crippen LogP contribution in [0.15, 0.2) is 18.2 Å². The predicted molar refractivity (Wildman–Crippen MR) is 81.5 cm³/mol. The van der Waals surface area contributed by atoms with Gasteiger partial charge in [-0.05, 0) is 38.3 Å². The molecule has 1 heterocycles. The number of non-ortho nitro benzene ring substituents is 1.